The Morgan fingerprint density at radius 3 is 2.51 bits per heavy atom. The van der Waals surface area contributed by atoms with Gasteiger partial charge in [-0.05, 0) is 59.2 Å². The molecule has 4 aromatic rings. The number of carbonyl (C=O) groups excluding carboxylic acids is 1. The molecule has 0 saturated heterocycles. The number of anilines is 3. The highest BCUT2D eigenvalue weighted by Crippen LogP contribution is 2.37. The van der Waals surface area contributed by atoms with Gasteiger partial charge < -0.3 is 20.1 Å². The van der Waals surface area contributed by atoms with Crippen LogP contribution in [0.2, 0.25) is 5.02 Å². The number of nitro groups is 1. The van der Waals surface area contributed by atoms with Crippen molar-refractivity contribution in [2.24, 2.45) is 0 Å². The Morgan fingerprint density at radius 1 is 0.946 bits per heavy atom. The Kier molecular flexibility index (Phi) is 6.61. The molecule has 10 heteroatoms. The summed E-state index contributed by atoms with van der Waals surface area (Å²) in [6.07, 6.45) is 2.15. The van der Waals surface area contributed by atoms with Crippen molar-refractivity contribution in [3.8, 4) is 22.8 Å². The molecule has 1 amide bonds. The Hall–Kier alpha value is -4.63. The van der Waals surface area contributed by atoms with E-state index < -0.39 is 4.92 Å². The number of benzene rings is 3. The predicted octanol–water partition coefficient (Wildman–Crippen LogP) is 6.25. The van der Waals surface area contributed by atoms with Gasteiger partial charge in [0.05, 0.1) is 46.3 Å². The lowest BCUT2D eigenvalue weighted by atomic mass is 10.0. The van der Waals surface area contributed by atoms with Crippen LogP contribution in [0.3, 0.4) is 0 Å². The highest BCUT2D eigenvalue weighted by Gasteiger charge is 2.21. The van der Waals surface area contributed by atoms with Crippen LogP contribution in [-0.4, -0.2) is 29.5 Å². The molecule has 37 heavy (non-hydrogen) atoms. The number of fused-ring (bicyclic) bond motifs is 2. The molecule has 0 bridgehead atoms. The van der Waals surface area contributed by atoms with Gasteiger partial charge in [0.2, 0.25) is 5.88 Å². The summed E-state index contributed by atoms with van der Waals surface area (Å²) in [5, 5.41) is 18.1. The Morgan fingerprint density at radius 2 is 1.76 bits per heavy atom. The molecule has 0 aliphatic carbocycles. The first-order valence-electron chi connectivity index (χ1n) is 11.3. The lowest BCUT2D eigenvalue weighted by Gasteiger charge is -2.12. The molecular formula is C27H21ClN4O5. The molecule has 3 aromatic carbocycles. The van der Waals surface area contributed by atoms with E-state index in [4.69, 9.17) is 21.1 Å². The van der Waals surface area contributed by atoms with Gasteiger partial charge in [-0.3, -0.25) is 14.9 Å². The van der Waals surface area contributed by atoms with Gasteiger partial charge in [-0.1, -0.05) is 23.7 Å². The van der Waals surface area contributed by atoms with Crippen molar-refractivity contribution in [2.75, 3.05) is 24.4 Å². The summed E-state index contributed by atoms with van der Waals surface area (Å²) in [6.45, 7) is 0.414. The van der Waals surface area contributed by atoms with Crippen LogP contribution in [-0.2, 0) is 6.42 Å². The van der Waals surface area contributed by atoms with Crippen LogP contribution in [0.4, 0.5) is 22.7 Å². The van der Waals surface area contributed by atoms with Crippen molar-refractivity contribution in [2.45, 2.75) is 6.42 Å². The minimum Gasteiger partial charge on any atom is -0.490 e. The Labute approximate surface area is 217 Å². The maximum atomic E-state index is 13.0. The molecule has 1 aromatic heterocycles. The average Bonchev–Trinajstić information content (AvgIpc) is 3.04. The largest absolute Gasteiger partial charge is 0.490 e. The number of hydrogen-bond acceptors (Lipinski definition) is 7. The Bertz CT molecular complexity index is 1510. The van der Waals surface area contributed by atoms with Gasteiger partial charge in [0.1, 0.15) is 0 Å². The summed E-state index contributed by atoms with van der Waals surface area (Å²) < 4.78 is 10.9. The van der Waals surface area contributed by atoms with Gasteiger partial charge in [0.15, 0.2) is 5.75 Å². The van der Waals surface area contributed by atoms with Crippen LogP contribution < -0.4 is 20.1 Å². The zero-order valence-electron chi connectivity index (χ0n) is 19.7. The summed E-state index contributed by atoms with van der Waals surface area (Å²) in [5.74, 6) is 0.413. The van der Waals surface area contributed by atoms with Crippen molar-refractivity contribution in [1.29, 1.82) is 0 Å². The van der Waals surface area contributed by atoms with Gasteiger partial charge in [0.25, 0.3) is 5.91 Å². The quantitative estimate of drug-likeness (QED) is 0.220. The number of carbonyl (C=O) groups is 1. The van der Waals surface area contributed by atoms with Gasteiger partial charge in [-0.2, -0.15) is 0 Å². The van der Waals surface area contributed by atoms with E-state index >= 15 is 0 Å². The van der Waals surface area contributed by atoms with Crippen molar-refractivity contribution >= 4 is 40.3 Å². The second-order valence-electron chi connectivity index (χ2n) is 8.28. The Balaban J connectivity index is 1.36. The van der Waals surface area contributed by atoms with Gasteiger partial charge in [0, 0.05) is 24.8 Å². The van der Waals surface area contributed by atoms with E-state index in [2.05, 4.69) is 15.6 Å². The molecule has 2 N–H and O–H groups in total. The first-order valence-corrected chi connectivity index (χ1v) is 11.7. The fourth-order valence-corrected chi connectivity index (χ4v) is 4.16. The first kappa shape index (κ1) is 24.1. The third-order valence-electron chi connectivity index (χ3n) is 5.92. The molecule has 1 aliphatic rings. The van der Waals surface area contributed by atoms with Crippen LogP contribution in [0.1, 0.15) is 15.9 Å². The normalized spacial score (nSPS) is 11.9. The third kappa shape index (κ3) is 5.17. The third-order valence-corrected chi connectivity index (χ3v) is 6.14. The number of ether oxygens (including phenoxy) is 2. The number of rotatable bonds is 7. The van der Waals surface area contributed by atoms with E-state index in [9.17, 15) is 14.9 Å². The lowest BCUT2D eigenvalue weighted by Crippen LogP contribution is -2.11. The highest BCUT2D eigenvalue weighted by molar-refractivity contribution is 6.30. The number of nitro benzene ring substituents is 1. The zero-order chi connectivity index (χ0) is 25.9. The number of nitrogens with zero attached hydrogens (tertiary/aromatic N) is 2. The van der Waals surface area contributed by atoms with Crippen LogP contribution in [0.15, 0.2) is 72.9 Å². The zero-order valence-corrected chi connectivity index (χ0v) is 20.4. The number of hydrogen-bond donors (Lipinski definition) is 2. The summed E-state index contributed by atoms with van der Waals surface area (Å²) in [7, 11) is 1.39. The topological polar surface area (TPSA) is 116 Å². The molecule has 0 fully saturated rings. The summed E-state index contributed by atoms with van der Waals surface area (Å²) in [4.78, 5) is 27.8. The van der Waals surface area contributed by atoms with Crippen molar-refractivity contribution in [1.82, 2.24) is 4.98 Å². The maximum Gasteiger partial charge on any atom is 0.310 e. The second-order valence-corrected chi connectivity index (χ2v) is 8.71. The molecule has 0 unspecified atom stereocenters. The van der Waals surface area contributed by atoms with E-state index in [0.717, 1.165) is 22.4 Å². The van der Waals surface area contributed by atoms with Gasteiger partial charge >= 0.3 is 5.69 Å². The molecule has 2 heterocycles. The first-order chi connectivity index (χ1) is 17.9. The number of aromatic nitrogens is 1. The molecule has 9 nitrogen and oxygen atoms in total. The van der Waals surface area contributed by atoms with Crippen LogP contribution in [0, 0.1) is 10.1 Å². The number of methoxy groups -OCH3 is 1. The smallest absolute Gasteiger partial charge is 0.310 e. The van der Waals surface area contributed by atoms with E-state index in [1.807, 2.05) is 24.3 Å². The average molecular weight is 517 g/mol. The number of halogens is 1. The van der Waals surface area contributed by atoms with Crippen molar-refractivity contribution in [3.05, 3.63) is 99.2 Å². The second kappa shape index (κ2) is 10.2. The fraction of sp³-hybridized carbons (Fsp3) is 0.111. The lowest BCUT2D eigenvalue weighted by molar-refractivity contribution is -0.385. The number of amides is 1. The molecule has 1 aliphatic heterocycles. The highest BCUT2D eigenvalue weighted by atomic mass is 35.5. The van der Waals surface area contributed by atoms with Crippen LogP contribution in [0.25, 0.3) is 11.1 Å². The molecule has 0 radical (unpaired) electrons. The van der Waals surface area contributed by atoms with Crippen LogP contribution in [0.5, 0.6) is 11.6 Å². The number of nitrogens with one attached hydrogen (secondary N) is 2. The number of pyridine rings is 1. The van der Waals surface area contributed by atoms with Crippen LogP contribution >= 0.6 is 11.6 Å². The molecule has 5 rings (SSSR count). The fourth-order valence-electron chi connectivity index (χ4n) is 4.05. The summed E-state index contributed by atoms with van der Waals surface area (Å²) >= 11 is 5.85. The minimum atomic E-state index is -0.489. The SMILES string of the molecule is COc1cc(-c2ccc3c(c2)Nc2ccc(CCOc4ccc(Cl)cn4)cc2NC3=O)ccc1[N+](=O)[O-]. The van der Waals surface area contributed by atoms with Crippen molar-refractivity contribution in [3.63, 3.8) is 0 Å². The summed E-state index contributed by atoms with van der Waals surface area (Å²) in [6, 6.07) is 19.2. The molecule has 0 saturated carbocycles. The standard InChI is InChI=1S/C27H21ClN4O5/c1-36-25-14-18(4-8-24(25)32(34)35)17-3-6-20-22(13-17)30-21-7-2-16(12-23(21)31-27(20)33)10-11-37-26-9-5-19(28)15-29-26/h2-9,12-15,30H,10-11H2,1H3,(H,31,33). The van der Waals surface area contributed by atoms with Gasteiger partial charge in [-0.25, -0.2) is 4.98 Å². The minimum absolute atomic E-state index is 0.113. The monoisotopic (exact) mass is 516 g/mol. The van der Waals surface area contributed by atoms with E-state index in [1.54, 1.807) is 36.4 Å². The van der Waals surface area contributed by atoms with E-state index in [-0.39, 0.29) is 17.3 Å². The molecular weight excluding hydrogens is 496 g/mol. The van der Waals surface area contributed by atoms with Crippen molar-refractivity contribution < 1.29 is 19.2 Å². The predicted molar refractivity (Wildman–Crippen MR) is 141 cm³/mol. The molecule has 0 atom stereocenters. The summed E-state index contributed by atoms with van der Waals surface area (Å²) in [5.41, 5.74) is 4.88. The molecule has 186 valence electrons. The van der Waals surface area contributed by atoms with E-state index in [1.165, 1.54) is 19.4 Å². The van der Waals surface area contributed by atoms with Gasteiger partial charge in [-0.15, -0.1) is 0 Å². The molecule has 0 spiro atoms. The van der Waals surface area contributed by atoms with E-state index in [0.29, 0.717) is 40.9 Å². The maximum absolute atomic E-state index is 13.0.